The van der Waals surface area contributed by atoms with Gasteiger partial charge in [-0.15, -0.1) is 0 Å². The van der Waals surface area contributed by atoms with Crippen LogP contribution in [0.5, 0.6) is 5.75 Å². The molecular formula is C21H19NO5. The van der Waals surface area contributed by atoms with Crippen LogP contribution in [-0.2, 0) is 9.57 Å². The van der Waals surface area contributed by atoms with Gasteiger partial charge >= 0.3 is 0 Å². The quantitative estimate of drug-likeness (QED) is 0.688. The number of hydrogen-bond acceptors (Lipinski definition) is 5. The van der Waals surface area contributed by atoms with Crippen molar-refractivity contribution in [2.75, 3.05) is 13.2 Å². The monoisotopic (exact) mass is 365 g/mol. The predicted octanol–water partition coefficient (Wildman–Crippen LogP) is 3.83. The standard InChI is InChI=1S/C21H19NO5/c23-20(16-7-3-1-4-8-16)22-13-19(15-25-18-9-5-2-6-10-18)26-21(27-22)17-11-12-24-14-17/h1-12,14,19,21H,13,15H2/t19-,21-/m1/s1. The Morgan fingerprint density at radius 2 is 1.78 bits per heavy atom. The zero-order valence-electron chi connectivity index (χ0n) is 14.6. The molecule has 0 bridgehead atoms. The van der Waals surface area contributed by atoms with Crippen LogP contribution in [0.4, 0.5) is 0 Å². The van der Waals surface area contributed by atoms with Gasteiger partial charge in [0.2, 0.25) is 6.29 Å². The van der Waals surface area contributed by atoms with Crippen molar-refractivity contribution in [2.45, 2.75) is 12.4 Å². The Morgan fingerprint density at radius 3 is 2.48 bits per heavy atom. The normalized spacial score (nSPS) is 19.6. The van der Waals surface area contributed by atoms with Crippen LogP contribution < -0.4 is 4.74 Å². The molecule has 6 heteroatoms. The summed E-state index contributed by atoms with van der Waals surface area (Å²) in [5, 5.41) is 1.33. The molecule has 0 spiro atoms. The lowest BCUT2D eigenvalue weighted by atomic mass is 10.2. The van der Waals surface area contributed by atoms with E-state index in [1.54, 1.807) is 18.2 Å². The number of ether oxygens (including phenoxy) is 2. The van der Waals surface area contributed by atoms with Crippen LogP contribution in [0.25, 0.3) is 0 Å². The van der Waals surface area contributed by atoms with E-state index in [2.05, 4.69) is 0 Å². The summed E-state index contributed by atoms with van der Waals surface area (Å²) in [6, 6.07) is 20.2. The molecule has 1 fully saturated rings. The number of nitrogens with zero attached hydrogens (tertiary/aromatic N) is 1. The number of hydrogen-bond donors (Lipinski definition) is 0. The number of para-hydroxylation sites is 1. The Hall–Kier alpha value is -3.09. The van der Waals surface area contributed by atoms with Gasteiger partial charge in [-0.3, -0.25) is 4.79 Å². The maximum absolute atomic E-state index is 12.8. The van der Waals surface area contributed by atoms with Gasteiger partial charge in [-0.2, -0.15) is 0 Å². The van der Waals surface area contributed by atoms with E-state index in [0.29, 0.717) is 17.7 Å². The first kappa shape index (κ1) is 17.3. The van der Waals surface area contributed by atoms with Crippen LogP contribution in [-0.4, -0.2) is 30.2 Å². The molecule has 0 saturated carbocycles. The molecule has 1 saturated heterocycles. The first-order valence-corrected chi connectivity index (χ1v) is 8.69. The first-order chi connectivity index (χ1) is 13.3. The van der Waals surface area contributed by atoms with Crippen molar-refractivity contribution in [1.29, 1.82) is 0 Å². The zero-order valence-corrected chi connectivity index (χ0v) is 14.6. The summed E-state index contributed by atoms with van der Waals surface area (Å²) in [7, 11) is 0. The Labute approximate surface area is 156 Å². The highest BCUT2D eigenvalue weighted by Gasteiger charge is 2.34. The molecule has 4 rings (SSSR count). The second kappa shape index (κ2) is 8.07. The van der Waals surface area contributed by atoms with Gasteiger partial charge in [-0.25, -0.2) is 9.90 Å². The smallest absolute Gasteiger partial charge is 0.277 e. The highest BCUT2D eigenvalue weighted by atomic mass is 16.8. The van der Waals surface area contributed by atoms with Crippen molar-refractivity contribution >= 4 is 5.91 Å². The maximum Gasteiger partial charge on any atom is 0.277 e. The van der Waals surface area contributed by atoms with Crippen molar-refractivity contribution < 1.29 is 23.5 Å². The summed E-state index contributed by atoms with van der Waals surface area (Å²) in [5.41, 5.74) is 1.25. The summed E-state index contributed by atoms with van der Waals surface area (Å²) in [6.45, 7) is 0.551. The van der Waals surface area contributed by atoms with Crippen LogP contribution >= 0.6 is 0 Å². The molecule has 1 aliphatic heterocycles. The third-order valence-electron chi connectivity index (χ3n) is 4.15. The molecule has 2 heterocycles. The fourth-order valence-corrected chi connectivity index (χ4v) is 2.79. The predicted molar refractivity (Wildman–Crippen MR) is 96.8 cm³/mol. The topological polar surface area (TPSA) is 61.1 Å². The van der Waals surface area contributed by atoms with Gasteiger partial charge in [0.05, 0.1) is 19.1 Å². The van der Waals surface area contributed by atoms with Gasteiger partial charge < -0.3 is 13.9 Å². The Balaban J connectivity index is 1.50. The summed E-state index contributed by atoms with van der Waals surface area (Å²) in [5.74, 6) is 0.519. The number of carbonyl (C=O) groups excluding carboxylic acids is 1. The summed E-state index contributed by atoms with van der Waals surface area (Å²) < 4.78 is 16.9. The average Bonchev–Trinajstić information content (AvgIpc) is 3.28. The molecule has 0 N–H and O–H groups in total. The third kappa shape index (κ3) is 4.19. The lowest BCUT2D eigenvalue weighted by molar-refractivity contribution is -0.325. The van der Waals surface area contributed by atoms with E-state index < -0.39 is 6.29 Å². The molecule has 2 aromatic carbocycles. The minimum absolute atomic E-state index is 0.225. The lowest BCUT2D eigenvalue weighted by Gasteiger charge is -2.36. The Bertz CT molecular complexity index is 851. The van der Waals surface area contributed by atoms with E-state index in [1.807, 2.05) is 48.5 Å². The van der Waals surface area contributed by atoms with Crippen molar-refractivity contribution in [3.8, 4) is 5.75 Å². The van der Waals surface area contributed by atoms with Crippen molar-refractivity contribution in [3.63, 3.8) is 0 Å². The molecule has 138 valence electrons. The van der Waals surface area contributed by atoms with Gasteiger partial charge in [-0.1, -0.05) is 36.4 Å². The SMILES string of the molecule is O=C(c1ccccc1)N1C[C@H](COc2ccccc2)O[C@@H](c2ccoc2)O1. The number of furan rings is 1. The molecule has 6 nitrogen and oxygen atoms in total. The fraction of sp³-hybridized carbons (Fsp3) is 0.190. The first-order valence-electron chi connectivity index (χ1n) is 8.69. The van der Waals surface area contributed by atoms with Crippen LogP contribution in [0, 0.1) is 0 Å². The van der Waals surface area contributed by atoms with Crippen molar-refractivity contribution in [1.82, 2.24) is 5.06 Å². The number of amides is 1. The van der Waals surface area contributed by atoms with Crippen LogP contribution in [0.3, 0.4) is 0 Å². The number of carbonyl (C=O) groups is 1. The van der Waals surface area contributed by atoms with E-state index in [1.165, 1.54) is 17.6 Å². The number of benzene rings is 2. The summed E-state index contributed by atoms with van der Waals surface area (Å²) >= 11 is 0. The highest BCUT2D eigenvalue weighted by molar-refractivity contribution is 5.93. The van der Waals surface area contributed by atoms with E-state index in [-0.39, 0.29) is 18.6 Å². The van der Waals surface area contributed by atoms with Crippen molar-refractivity contribution in [2.24, 2.45) is 0 Å². The second-order valence-corrected chi connectivity index (χ2v) is 6.11. The average molecular weight is 365 g/mol. The largest absolute Gasteiger partial charge is 0.491 e. The van der Waals surface area contributed by atoms with Gasteiger partial charge in [0, 0.05) is 11.1 Å². The molecule has 3 aromatic rings. The summed E-state index contributed by atoms with van der Waals surface area (Å²) in [6.07, 6.45) is 1.98. The number of hydroxylamine groups is 2. The Kier molecular flexibility index (Phi) is 5.18. The van der Waals surface area contributed by atoms with Gasteiger partial charge in [0.1, 0.15) is 18.5 Å². The van der Waals surface area contributed by atoms with Gasteiger partial charge in [0.15, 0.2) is 0 Å². The van der Waals surface area contributed by atoms with E-state index in [0.717, 1.165) is 5.75 Å². The van der Waals surface area contributed by atoms with E-state index in [4.69, 9.17) is 18.7 Å². The molecular weight excluding hydrogens is 346 g/mol. The second-order valence-electron chi connectivity index (χ2n) is 6.11. The van der Waals surface area contributed by atoms with Crippen LogP contribution in [0.2, 0.25) is 0 Å². The van der Waals surface area contributed by atoms with Crippen LogP contribution in [0.1, 0.15) is 22.2 Å². The van der Waals surface area contributed by atoms with Gasteiger partial charge in [0.25, 0.3) is 5.91 Å². The minimum atomic E-state index is -0.741. The van der Waals surface area contributed by atoms with Gasteiger partial charge in [-0.05, 0) is 30.3 Å². The minimum Gasteiger partial charge on any atom is -0.491 e. The molecule has 1 aliphatic rings. The third-order valence-corrected chi connectivity index (χ3v) is 4.15. The molecule has 2 atom stereocenters. The highest BCUT2D eigenvalue weighted by Crippen LogP contribution is 2.28. The molecule has 1 amide bonds. The van der Waals surface area contributed by atoms with E-state index >= 15 is 0 Å². The lowest BCUT2D eigenvalue weighted by Crippen LogP contribution is -2.47. The van der Waals surface area contributed by atoms with E-state index in [9.17, 15) is 4.79 Å². The van der Waals surface area contributed by atoms with Crippen LogP contribution in [0.15, 0.2) is 83.7 Å². The molecule has 27 heavy (non-hydrogen) atoms. The number of rotatable bonds is 5. The Morgan fingerprint density at radius 1 is 1.04 bits per heavy atom. The maximum atomic E-state index is 12.8. The molecule has 0 radical (unpaired) electrons. The zero-order chi connectivity index (χ0) is 18.5. The fourth-order valence-electron chi connectivity index (χ4n) is 2.79. The molecule has 1 aromatic heterocycles. The molecule has 0 aliphatic carbocycles. The van der Waals surface area contributed by atoms with Crippen molar-refractivity contribution in [3.05, 3.63) is 90.4 Å². The molecule has 0 unspecified atom stereocenters. The summed E-state index contributed by atoms with van der Waals surface area (Å²) in [4.78, 5) is 18.6.